The van der Waals surface area contributed by atoms with Crippen LogP contribution in [0.15, 0.2) is 27.6 Å². The molecule has 1 aromatic carbocycles. The second-order valence-corrected chi connectivity index (χ2v) is 7.35. The van der Waals surface area contributed by atoms with Gasteiger partial charge in [-0.15, -0.1) is 0 Å². The minimum absolute atomic E-state index is 0.291. The lowest BCUT2D eigenvalue weighted by Crippen LogP contribution is -2.33. The van der Waals surface area contributed by atoms with Gasteiger partial charge in [0.25, 0.3) is 0 Å². The number of nitrogens with two attached hydrogens (primary N) is 1. The van der Waals surface area contributed by atoms with E-state index in [0.717, 1.165) is 12.8 Å². The highest BCUT2D eigenvalue weighted by molar-refractivity contribution is 9.10. The van der Waals surface area contributed by atoms with Gasteiger partial charge in [-0.2, -0.15) is 4.31 Å². The monoisotopic (exact) mass is 332 g/mol. The average Bonchev–Trinajstić information content (AvgIpc) is 3.08. The molecular formula is C12H17BrN2O2S. The van der Waals surface area contributed by atoms with E-state index in [-0.39, 0.29) is 0 Å². The number of nitrogen functional groups attached to an aromatic ring is 1. The predicted molar refractivity (Wildman–Crippen MR) is 75.7 cm³/mol. The first-order valence-corrected chi connectivity index (χ1v) is 8.23. The van der Waals surface area contributed by atoms with Crippen molar-refractivity contribution in [2.24, 2.45) is 5.92 Å². The molecule has 100 valence electrons. The van der Waals surface area contributed by atoms with Crippen LogP contribution in [0, 0.1) is 5.92 Å². The van der Waals surface area contributed by atoms with Gasteiger partial charge < -0.3 is 5.73 Å². The Bertz CT molecular complexity index is 541. The van der Waals surface area contributed by atoms with Crippen LogP contribution < -0.4 is 5.73 Å². The fourth-order valence-electron chi connectivity index (χ4n) is 1.85. The summed E-state index contributed by atoms with van der Waals surface area (Å²) in [6, 6.07) is 4.80. The van der Waals surface area contributed by atoms with Gasteiger partial charge in [0.05, 0.1) is 4.90 Å². The van der Waals surface area contributed by atoms with E-state index in [0.29, 0.717) is 34.1 Å². The van der Waals surface area contributed by atoms with E-state index in [1.165, 1.54) is 0 Å². The maximum atomic E-state index is 12.5. The Kier molecular flexibility index (Phi) is 3.99. The van der Waals surface area contributed by atoms with Crippen molar-refractivity contribution in [2.45, 2.75) is 24.7 Å². The molecular weight excluding hydrogens is 316 g/mol. The highest BCUT2D eigenvalue weighted by Gasteiger charge is 2.31. The highest BCUT2D eigenvalue weighted by Crippen LogP contribution is 2.33. The second kappa shape index (κ2) is 5.19. The van der Waals surface area contributed by atoms with Gasteiger partial charge >= 0.3 is 0 Å². The third-order valence-corrected chi connectivity index (χ3v) is 6.00. The summed E-state index contributed by atoms with van der Waals surface area (Å²) in [6.45, 7) is 2.98. The molecule has 1 aliphatic rings. The second-order valence-electron chi connectivity index (χ2n) is 4.59. The Morgan fingerprint density at radius 2 is 2.11 bits per heavy atom. The Hall–Kier alpha value is -0.590. The topological polar surface area (TPSA) is 63.4 Å². The average molecular weight is 333 g/mol. The van der Waals surface area contributed by atoms with Crippen molar-refractivity contribution in [3.05, 3.63) is 22.7 Å². The van der Waals surface area contributed by atoms with Crippen LogP contribution in [0.2, 0.25) is 0 Å². The number of rotatable bonds is 5. The molecule has 0 atom stereocenters. The van der Waals surface area contributed by atoms with E-state index in [1.54, 1.807) is 22.5 Å². The molecule has 0 bridgehead atoms. The lowest BCUT2D eigenvalue weighted by Gasteiger charge is -2.21. The van der Waals surface area contributed by atoms with Crippen LogP contribution in [0.4, 0.5) is 5.69 Å². The van der Waals surface area contributed by atoms with Gasteiger partial charge in [-0.25, -0.2) is 8.42 Å². The van der Waals surface area contributed by atoms with Gasteiger partial charge in [0, 0.05) is 23.2 Å². The first-order valence-electron chi connectivity index (χ1n) is 6.00. The molecule has 0 heterocycles. The predicted octanol–water partition coefficient (Wildman–Crippen LogP) is 2.45. The summed E-state index contributed by atoms with van der Waals surface area (Å²) in [4.78, 5) is 0.291. The van der Waals surface area contributed by atoms with Gasteiger partial charge in [0.15, 0.2) is 0 Å². The van der Waals surface area contributed by atoms with Crippen LogP contribution in [0.25, 0.3) is 0 Å². The summed E-state index contributed by atoms with van der Waals surface area (Å²) in [5.41, 5.74) is 6.18. The van der Waals surface area contributed by atoms with E-state index >= 15 is 0 Å². The summed E-state index contributed by atoms with van der Waals surface area (Å²) in [6.07, 6.45) is 2.27. The largest absolute Gasteiger partial charge is 0.399 e. The van der Waals surface area contributed by atoms with Crippen LogP contribution in [0.5, 0.6) is 0 Å². The zero-order chi connectivity index (χ0) is 13.3. The minimum Gasteiger partial charge on any atom is -0.399 e. The minimum atomic E-state index is -3.42. The molecule has 2 N–H and O–H groups in total. The highest BCUT2D eigenvalue weighted by atomic mass is 79.9. The number of nitrogens with zero attached hydrogens (tertiary/aromatic N) is 1. The van der Waals surface area contributed by atoms with Crippen molar-refractivity contribution in [1.29, 1.82) is 0 Å². The molecule has 0 amide bonds. The van der Waals surface area contributed by atoms with Crippen LogP contribution in [-0.2, 0) is 10.0 Å². The van der Waals surface area contributed by atoms with Crippen LogP contribution >= 0.6 is 15.9 Å². The fourth-order valence-corrected chi connectivity index (χ4v) is 4.43. The third-order valence-electron chi connectivity index (χ3n) is 3.09. The molecule has 0 radical (unpaired) electrons. The molecule has 0 spiro atoms. The zero-order valence-electron chi connectivity index (χ0n) is 10.3. The van der Waals surface area contributed by atoms with Crippen molar-refractivity contribution in [2.75, 3.05) is 18.8 Å². The van der Waals surface area contributed by atoms with Crippen molar-refractivity contribution in [3.8, 4) is 0 Å². The van der Waals surface area contributed by atoms with Crippen LogP contribution in [0.3, 0.4) is 0 Å². The number of halogens is 1. The van der Waals surface area contributed by atoms with E-state index in [2.05, 4.69) is 15.9 Å². The molecule has 18 heavy (non-hydrogen) atoms. The summed E-state index contributed by atoms with van der Waals surface area (Å²) in [5.74, 6) is 0.535. The van der Waals surface area contributed by atoms with Gasteiger partial charge in [-0.05, 0) is 52.9 Å². The molecule has 2 rings (SSSR count). The van der Waals surface area contributed by atoms with E-state index in [4.69, 9.17) is 5.73 Å². The van der Waals surface area contributed by atoms with Gasteiger partial charge in [0.2, 0.25) is 10.0 Å². The SMILES string of the molecule is CCN(CC1CC1)S(=O)(=O)c1ccc(N)cc1Br. The summed E-state index contributed by atoms with van der Waals surface area (Å²) in [5, 5.41) is 0. The normalized spacial score (nSPS) is 16.2. The number of hydrogen-bond acceptors (Lipinski definition) is 3. The first kappa shape index (κ1) is 13.8. The molecule has 0 aromatic heterocycles. The third kappa shape index (κ3) is 2.87. The Morgan fingerprint density at radius 1 is 1.44 bits per heavy atom. The quantitative estimate of drug-likeness (QED) is 0.842. The number of hydrogen-bond donors (Lipinski definition) is 1. The fraction of sp³-hybridized carbons (Fsp3) is 0.500. The molecule has 4 nitrogen and oxygen atoms in total. The van der Waals surface area contributed by atoms with Crippen molar-refractivity contribution < 1.29 is 8.42 Å². The molecule has 1 aliphatic carbocycles. The van der Waals surface area contributed by atoms with Crippen LogP contribution in [-0.4, -0.2) is 25.8 Å². The number of anilines is 1. The molecule has 0 saturated heterocycles. The van der Waals surface area contributed by atoms with Gasteiger partial charge in [0.1, 0.15) is 0 Å². The van der Waals surface area contributed by atoms with Crippen LogP contribution in [0.1, 0.15) is 19.8 Å². The lowest BCUT2D eigenvalue weighted by molar-refractivity contribution is 0.412. The van der Waals surface area contributed by atoms with Crippen molar-refractivity contribution in [3.63, 3.8) is 0 Å². The van der Waals surface area contributed by atoms with E-state index < -0.39 is 10.0 Å². The number of benzene rings is 1. The Balaban J connectivity index is 2.32. The van der Waals surface area contributed by atoms with Gasteiger partial charge in [-0.1, -0.05) is 6.92 Å². The summed E-state index contributed by atoms with van der Waals surface area (Å²) < 4.78 is 27.1. The van der Waals surface area contributed by atoms with E-state index in [9.17, 15) is 8.42 Å². The van der Waals surface area contributed by atoms with Gasteiger partial charge in [-0.3, -0.25) is 0 Å². The zero-order valence-corrected chi connectivity index (χ0v) is 12.7. The van der Waals surface area contributed by atoms with Crippen molar-refractivity contribution in [1.82, 2.24) is 4.31 Å². The summed E-state index contributed by atoms with van der Waals surface area (Å²) >= 11 is 3.28. The molecule has 1 saturated carbocycles. The maximum absolute atomic E-state index is 12.5. The summed E-state index contributed by atoms with van der Waals surface area (Å²) in [7, 11) is -3.42. The Labute approximate surface area is 116 Å². The first-order chi connectivity index (χ1) is 8.45. The molecule has 0 aliphatic heterocycles. The van der Waals surface area contributed by atoms with Crippen molar-refractivity contribution >= 4 is 31.6 Å². The molecule has 6 heteroatoms. The number of sulfonamides is 1. The van der Waals surface area contributed by atoms with E-state index in [1.807, 2.05) is 6.92 Å². The molecule has 0 unspecified atom stereocenters. The Morgan fingerprint density at radius 3 is 2.61 bits per heavy atom. The lowest BCUT2D eigenvalue weighted by atomic mass is 10.3. The smallest absolute Gasteiger partial charge is 0.244 e. The molecule has 1 aromatic rings. The maximum Gasteiger partial charge on any atom is 0.244 e. The molecule has 1 fully saturated rings. The standard InChI is InChI=1S/C12H17BrN2O2S/c1-2-15(8-9-3-4-9)18(16,17)12-6-5-10(14)7-11(12)13/h5-7,9H,2-4,8,14H2,1H3.